The van der Waals surface area contributed by atoms with Gasteiger partial charge in [0.2, 0.25) is 5.60 Å². The van der Waals surface area contributed by atoms with E-state index >= 15 is 0 Å². The van der Waals surface area contributed by atoms with Gasteiger partial charge in [-0.1, -0.05) is 32.1 Å². The van der Waals surface area contributed by atoms with Gasteiger partial charge in [0.05, 0.1) is 5.41 Å². The number of aliphatic hydroxyl groups excluding tert-OH is 1. The highest BCUT2D eigenvalue weighted by atomic mass is 16.6. The zero-order chi connectivity index (χ0) is 20.6. The van der Waals surface area contributed by atoms with E-state index in [1.54, 1.807) is 19.1 Å². The van der Waals surface area contributed by atoms with Gasteiger partial charge in [0.1, 0.15) is 6.10 Å². The standard InChI is InChI=1S/C23H27NO5/c1-4-17(25)23-18(26)9-7-14-15-12-13-6-8-16(28-19(27)5-2)21(29-23)20(13)22(14,23)10-11-24(15)3/h6-9,14-15,18,26H,4-5,10-12H2,1-3H3/t14-,15+,18-,22-,23-/m0/s1. The molecule has 2 heterocycles. The lowest BCUT2D eigenvalue weighted by Crippen LogP contribution is -2.73. The topological polar surface area (TPSA) is 76.1 Å². The fourth-order valence-corrected chi connectivity index (χ4v) is 6.31. The van der Waals surface area contributed by atoms with Crippen LogP contribution in [0.1, 0.15) is 44.2 Å². The Balaban J connectivity index is 1.81. The van der Waals surface area contributed by atoms with Crippen molar-refractivity contribution in [1.82, 2.24) is 4.90 Å². The van der Waals surface area contributed by atoms with Gasteiger partial charge in [-0.25, -0.2) is 0 Å². The first kappa shape index (κ1) is 18.8. The van der Waals surface area contributed by atoms with E-state index in [1.165, 1.54) is 0 Å². The highest BCUT2D eigenvalue weighted by Gasteiger charge is 2.74. The first-order valence-corrected chi connectivity index (χ1v) is 10.6. The zero-order valence-electron chi connectivity index (χ0n) is 17.1. The lowest BCUT2D eigenvalue weighted by Gasteiger charge is -2.60. The quantitative estimate of drug-likeness (QED) is 0.477. The summed E-state index contributed by atoms with van der Waals surface area (Å²) >= 11 is 0. The third-order valence-corrected chi connectivity index (χ3v) is 7.58. The summed E-state index contributed by atoms with van der Waals surface area (Å²) in [6.07, 6.45) is 4.85. The minimum atomic E-state index is -1.37. The molecule has 29 heavy (non-hydrogen) atoms. The second-order valence-corrected chi connectivity index (χ2v) is 8.70. The summed E-state index contributed by atoms with van der Waals surface area (Å²) in [6.45, 7) is 4.38. The number of hydrogen-bond acceptors (Lipinski definition) is 6. The fraction of sp³-hybridized carbons (Fsp3) is 0.565. The monoisotopic (exact) mass is 397 g/mol. The van der Waals surface area contributed by atoms with Crippen LogP contribution in [0.15, 0.2) is 24.3 Å². The Morgan fingerprint density at radius 3 is 2.79 bits per heavy atom. The smallest absolute Gasteiger partial charge is 0.311 e. The molecular formula is C23H27NO5. The number of benzene rings is 1. The summed E-state index contributed by atoms with van der Waals surface area (Å²) in [5, 5.41) is 11.2. The Bertz CT molecular complexity index is 939. The summed E-state index contributed by atoms with van der Waals surface area (Å²) in [5.41, 5.74) is 0.0893. The van der Waals surface area contributed by atoms with E-state index < -0.39 is 17.1 Å². The number of carbonyl (C=O) groups is 2. The molecule has 1 aromatic carbocycles. The van der Waals surface area contributed by atoms with E-state index in [0.29, 0.717) is 17.9 Å². The molecule has 2 aliphatic carbocycles. The van der Waals surface area contributed by atoms with Gasteiger partial charge in [-0.05, 0) is 38.1 Å². The third kappa shape index (κ3) is 2.09. The Morgan fingerprint density at radius 1 is 1.28 bits per heavy atom. The number of piperidine rings is 1. The van der Waals surface area contributed by atoms with Gasteiger partial charge in [0, 0.05) is 30.4 Å². The van der Waals surface area contributed by atoms with Gasteiger partial charge in [-0.3, -0.25) is 9.59 Å². The fourth-order valence-electron chi connectivity index (χ4n) is 6.31. The van der Waals surface area contributed by atoms with Crippen LogP contribution in [0, 0.1) is 5.92 Å². The average molecular weight is 397 g/mol. The summed E-state index contributed by atoms with van der Waals surface area (Å²) in [7, 11) is 2.12. The molecule has 1 spiro atoms. The minimum Gasteiger partial charge on any atom is -0.471 e. The molecule has 154 valence electrons. The lowest BCUT2D eigenvalue weighted by molar-refractivity contribution is -0.161. The normalized spacial score (nSPS) is 36.3. The van der Waals surface area contributed by atoms with E-state index in [0.717, 1.165) is 24.1 Å². The maximum absolute atomic E-state index is 13.5. The molecule has 5 atom stereocenters. The van der Waals surface area contributed by atoms with Crippen molar-refractivity contribution in [2.24, 2.45) is 5.92 Å². The average Bonchev–Trinajstić information content (AvgIpc) is 3.05. The van der Waals surface area contributed by atoms with Crippen LogP contribution in [0.2, 0.25) is 0 Å². The van der Waals surface area contributed by atoms with Crippen LogP contribution in [0.3, 0.4) is 0 Å². The van der Waals surface area contributed by atoms with Crippen molar-refractivity contribution in [3.05, 3.63) is 35.4 Å². The van der Waals surface area contributed by atoms with Gasteiger partial charge in [-0.15, -0.1) is 0 Å². The van der Waals surface area contributed by atoms with E-state index in [-0.39, 0.29) is 36.6 Å². The number of ketones is 1. The van der Waals surface area contributed by atoms with E-state index in [1.807, 2.05) is 13.0 Å². The number of Topliss-reactive ketones (excluding diaryl/α,β-unsaturated/α-hetero) is 1. The van der Waals surface area contributed by atoms with E-state index in [9.17, 15) is 14.7 Å². The second-order valence-electron chi connectivity index (χ2n) is 8.70. The van der Waals surface area contributed by atoms with Crippen LogP contribution >= 0.6 is 0 Å². The molecule has 0 amide bonds. The van der Waals surface area contributed by atoms with Crippen molar-refractivity contribution >= 4 is 11.8 Å². The molecule has 5 rings (SSSR count). The Labute approximate surface area is 170 Å². The summed E-state index contributed by atoms with van der Waals surface area (Å²) in [4.78, 5) is 27.8. The summed E-state index contributed by atoms with van der Waals surface area (Å²) in [6, 6.07) is 4.01. The molecule has 4 aliphatic rings. The van der Waals surface area contributed by atoms with Crippen LogP contribution in [0.5, 0.6) is 11.5 Å². The number of carbonyl (C=O) groups excluding carboxylic acids is 2. The number of nitrogens with zero attached hydrogens (tertiary/aromatic N) is 1. The number of esters is 1. The number of aliphatic hydroxyl groups is 1. The molecule has 6 nitrogen and oxygen atoms in total. The molecule has 1 saturated heterocycles. The van der Waals surface area contributed by atoms with Crippen LogP contribution in [-0.4, -0.2) is 53.1 Å². The molecule has 1 fully saturated rings. The largest absolute Gasteiger partial charge is 0.471 e. The van der Waals surface area contributed by atoms with Crippen molar-refractivity contribution in [3.63, 3.8) is 0 Å². The number of ether oxygens (including phenoxy) is 2. The SMILES string of the molecule is CCC(=O)Oc1ccc2c3c1O[C@@]1(C(=O)CC)[C@@H](O)C=C[C@H]4[C@@H](C2)N(C)CC[C@@]341. The van der Waals surface area contributed by atoms with E-state index in [4.69, 9.17) is 9.47 Å². The first-order chi connectivity index (χ1) is 13.9. The van der Waals surface area contributed by atoms with Crippen molar-refractivity contribution in [2.45, 2.75) is 62.7 Å². The lowest BCUT2D eigenvalue weighted by atomic mass is 9.47. The summed E-state index contributed by atoms with van der Waals surface area (Å²) < 4.78 is 12.1. The number of likely N-dealkylation sites (tertiary alicyclic amines) is 1. The third-order valence-electron chi connectivity index (χ3n) is 7.58. The molecule has 1 N–H and O–H groups in total. The molecule has 6 heteroatoms. The Morgan fingerprint density at radius 2 is 2.07 bits per heavy atom. The highest BCUT2D eigenvalue weighted by Crippen LogP contribution is 2.67. The molecule has 2 aliphatic heterocycles. The minimum absolute atomic E-state index is 0.0611. The highest BCUT2D eigenvalue weighted by molar-refractivity contribution is 5.94. The predicted molar refractivity (Wildman–Crippen MR) is 106 cm³/mol. The van der Waals surface area contributed by atoms with Gasteiger partial charge in [0.15, 0.2) is 17.3 Å². The Hall–Kier alpha value is -2.18. The van der Waals surface area contributed by atoms with Gasteiger partial charge < -0.3 is 19.5 Å². The molecular weight excluding hydrogens is 370 g/mol. The molecule has 0 aromatic heterocycles. The molecule has 2 bridgehead atoms. The molecule has 0 radical (unpaired) electrons. The van der Waals surface area contributed by atoms with Crippen LogP contribution in [-0.2, 0) is 21.4 Å². The van der Waals surface area contributed by atoms with Gasteiger partial charge in [-0.2, -0.15) is 0 Å². The first-order valence-electron chi connectivity index (χ1n) is 10.6. The van der Waals surface area contributed by atoms with Crippen LogP contribution in [0.25, 0.3) is 0 Å². The Kier molecular flexibility index (Phi) is 4.00. The van der Waals surface area contributed by atoms with Crippen molar-refractivity contribution in [2.75, 3.05) is 13.6 Å². The van der Waals surface area contributed by atoms with Crippen molar-refractivity contribution < 1.29 is 24.2 Å². The van der Waals surface area contributed by atoms with Crippen molar-refractivity contribution in [1.29, 1.82) is 0 Å². The maximum atomic E-state index is 13.5. The van der Waals surface area contributed by atoms with Crippen LogP contribution in [0.4, 0.5) is 0 Å². The molecule has 0 saturated carbocycles. The number of likely N-dealkylation sites (N-methyl/N-ethyl adjacent to an activating group) is 1. The predicted octanol–water partition coefficient (Wildman–Crippen LogP) is 2.16. The number of hydrogen-bond donors (Lipinski definition) is 1. The maximum Gasteiger partial charge on any atom is 0.311 e. The summed E-state index contributed by atoms with van der Waals surface area (Å²) in [5.74, 6) is 0.443. The molecule has 1 aromatic rings. The zero-order valence-corrected chi connectivity index (χ0v) is 17.1. The number of rotatable bonds is 4. The second kappa shape index (κ2) is 6.16. The van der Waals surface area contributed by atoms with Gasteiger partial charge >= 0.3 is 5.97 Å². The van der Waals surface area contributed by atoms with Crippen LogP contribution < -0.4 is 9.47 Å². The molecule has 0 unspecified atom stereocenters. The van der Waals surface area contributed by atoms with Gasteiger partial charge in [0.25, 0.3) is 0 Å². The van der Waals surface area contributed by atoms with Crippen molar-refractivity contribution in [3.8, 4) is 11.5 Å². The van der Waals surface area contributed by atoms with E-state index in [2.05, 4.69) is 18.0 Å².